The summed E-state index contributed by atoms with van der Waals surface area (Å²) in [5, 5.41) is 0. The molecule has 3 heteroatoms. The Morgan fingerprint density at radius 2 is 2.27 bits per heavy atom. The molecule has 0 amide bonds. The first-order valence-electron chi connectivity index (χ1n) is 5.04. The van der Waals surface area contributed by atoms with Gasteiger partial charge in [0.2, 0.25) is 0 Å². The third-order valence-corrected chi connectivity index (χ3v) is 3.50. The SMILES string of the molecule is CCC(=O)Oc1cccc(C(C)CI)c1. The third-order valence-electron chi connectivity index (χ3n) is 2.18. The highest BCUT2D eigenvalue weighted by Crippen LogP contribution is 2.22. The van der Waals surface area contributed by atoms with Gasteiger partial charge >= 0.3 is 5.97 Å². The van der Waals surface area contributed by atoms with Gasteiger partial charge in [-0.1, -0.05) is 48.6 Å². The quantitative estimate of drug-likeness (QED) is 0.367. The van der Waals surface area contributed by atoms with Crippen LogP contribution in [0.25, 0.3) is 0 Å². The Labute approximate surface area is 104 Å². The third kappa shape index (κ3) is 3.81. The van der Waals surface area contributed by atoms with Crippen LogP contribution in [0.3, 0.4) is 0 Å². The molecule has 0 bridgehead atoms. The Balaban J connectivity index is 2.78. The van der Waals surface area contributed by atoms with Gasteiger partial charge in [-0.05, 0) is 23.6 Å². The van der Waals surface area contributed by atoms with Gasteiger partial charge in [-0.3, -0.25) is 4.79 Å². The molecule has 0 saturated carbocycles. The maximum Gasteiger partial charge on any atom is 0.310 e. The molecule has 1 aromatic rings. The van der Waals surface area contributed by atoms with Crippen LogP contribution in [0.4, 0.5) is 0 Å². The van der Waals surface area contributed by atoms with Gasteiger partial charge in [-0.2, -0.15) is 0 Å². The molecule has 0 aliphatic carbocycles. The molecule has 0 aliphatic rings. The van der Waals surface area contributed by atoms with E-state index in [1.54, 1.807) is 6.92 Å². The number of rotatable bonds is 4. The standard InChI is InChI=1S/C12H15IO2/c1-3-12(14)15-11-6-4-5-10(7-11)9(2)8-13/h4-7,9H,3,8H2,1-2H3. The van der Waals surface area contributed by atoms with Crippen LogP contribution in [0.5, 0.6) is 5.75 Å². The van der Waals surface area contributed by atoms with Crippen molar-refractivity contribution in [1.82, 2.24) is 0 Å². The molecular weight excluding hydrogens is 303 g/mol. The molecule has 0 aliphatic heterocycles. The van der Waals surface area contributed by atoms with Crippen LogP contribution in [0.1, 0.15) is 31.7 Å². The lowest BCUT2D eigenvalue weighted by Crippen LogP contribution is -2.06. The van der Waals surface area contributed by atoms with E-state index in [0.29, 0.717) is 18.1 Å². The monoisotopic (exact) mass is 318 g/mol. The zero-order valence-corrected chi connectivity index (χ0v) is 11.2. The minimum absolute atomic E-state index is 0.186. The van der Waals surface area contributed by atoms with Crippen molar-refractivity contribution in [2.24, 2.45) is 0 Å². The van der Waals surface area contributed by atoms with Crippen LogP contribution in [0.15, 0.2) is 24.3 Å². The second kappa shape index (κ2) is 6.10. The molecule has 0 fully saturated rings. The predicted octanol–water partition coefficient (Wildman–Crippen LogP) is 3.54. The first-order chi connectivity index (χ1) is 7.17. The van der Waals surface area contributed by atoms with Crippen molar-refractivity contribution in [3.05, 3.63) is 29.8 Å². The van der Waals surface area contributed by atoms with E-state index < -0.39 is 0 Å². The number of hydrogen-bond donors (Lipinski definition) is 0. The van der Waals surface area contributed by atoms with Crippen molar-refractivity contribution < 1.29 is 9.53 Å². The van der Waals surface area contributed by atoms with Gasteiger partial charge in [0.1, 0.15) is 5.75 Å². The molecule has 82 valence electrons. The molecule has 0 spiro atoms. The molecule has 0 radical (unpaired) electrons. The highest BCUT2D eigenvalue weighted by atomic mass is 127. The first-order valence-corrected chi connectivity index (χ1v) is 6.56. The smallest absolute Gasteiger partial charge is 0.310 e. The van der Waals surface area contributed by atoms with Gasteiger partial charge in [-0.15, -0.1) is 0 Å². The largest absolute Gasteiger partial charge is 0.427 e. The van der Waals surface area contributed by atoms with Crippen molar-refractivity contribution in [2.45, 2.75) is 26.2 Å². The van der Waals surface area contributed by atoms with Gasteiger partial charge in [0.25, 0.3) is 0 Å². The van der Waals surface area contributed by atoms with Crippen molar-refractivity contribution in [2.75, 3.05) is 4.43 Å². The van der Waals surface area contributed by atoms with Crippen molar-refractivity contribution in [3.63, 3.8) is 0 Å². The van der Waals surface area contributed by atoms with E-state index in [1.807, 2.05) is 18.2 Å². The number of benzene rings is 1. The molecule has 1 unspecified atom stereocenters. The average Bonchev–Trinajstić information content (AvgIpc) is 2.28. The van der Waals surface area contributed by atoms with E-state index in [9.17, 15) is 4.79 Å². The number of ether oxygens (including phenoxy) is 1. The summed E-state index contributed by atoms with van der Waals surface area (Å²) < 4.78 is 6.22. The lowest BCUT2D eigenvalue weighted by molar-refractivity contribution is -0.134. The second-order valence-corrected chi connectivity index (χ2v) is 4.34. The highest BCUT2D eigenvalue weighted by molar-refractivity contribution is 14.1. The molecule has 15 heavy (non-hydrogen) atoms. The van der Waals surface area contributed by atoms with E-state index in [0.717, 1.165) is 4.43 Å². The fourth-order valence-corrected chi connectivity index (χ4v) is 1.69. The number of esters is 1. The van der Waals surface area contributed by atoms with Crippen LogP contribution in [0, 0.1) is 0 Å². The summed E-state index contributed by atoms with van der Waals surface area (Å²) in [6, 6.07) is 7.75. The normalized spacial score (nSPS) is 12.2. The van der Waals surface area contributed by atoms with Crippen molar-refractivity contribution >= 4 is 28.6 Å². The fraction of sp³-hybridized carbons (Fsp3) is 0.417. The maximum absolute atomic E-state index is 11.1. The zero-order chi connectivity index (χ0) is 11.3. The molecule has 0 heterocycles. The van der Waals surface area contributed by atoms with Crippen molar-refractivity contribution in [3.8, 4) is 5.75 Å². The van der Waals surface area contributed by atoms with E-state index in [2.05, 4.69) is 35.6 Å². The Morgan fingerprint density at radius 1 is 1.53 bits per heavy atom. The summed E-state index contributed by atoms with van der Waals surface area (Å²) in [7, 11) is 0. The summed E-state index contributed by atoms with van der Waals surface area (Å²) in [6.07, 6.45) is 0.409. The Bertz CT molecular complexity index is 336. The molecule has 0 aromatic heterocycles. The summed E-state index contributed by atoms with van der Waals surface area (Å²) >= 11 is 2.35. The number of hydrogen-bond acceptors (Lipinski definition) is 2. The molecule has 2 nitrogen and oxygen atoms in total. The highest BCUT2D eigenvalue weighted by Gasteiger charge is 2.06. The fourth-order valence-electron chi connectivity index (χ4n) is 1.18. The summed E-state index contributed by atoms with van der Waals surface area (Å²) in [6.45, 7) is 3.95. The van der Waals surface area contributed by atoms with E-state index in [4.69, 9.17) is 4.74 Å². The van der Waals surface area contributed by atoms with Gasteiger partial charge in [0.05, 0.1) is 0 Å². The molecule has 1 atom stereocenters. The van der Waals surface area contributed by atoms with Crippen molar-refractivity contribution in [1.29, 1.82) is 0 Å². The molecular formula is C12H15IO2. The lowest BCUT2D eigenvalue weighted by atomic mass is 10.0. The minimum Gasteiger partial charge on any atom is -0.427 e. The second-order valence-electron chi connectivity index (χ2n) is 3.46. The summed E-state index contributed by atoms with van der Waals surface area (Å²) in [5.74, 6) is 0.955. The van der Waals surface area contributed by atoms with Gasteiger partial charge in [-0.25, -0.2) is 0 Å². The Morgan fingerprint density at radius 3 is 2.87 bits per heavy atom. The summed E-state index contributed by atoms with van der Waals surface area (Å²) in [5.41, 5.74) is 1.21. The topological polar surface area (TPSA) is 26.3 Å². The number of carbonyl (C=O) groups is 1. The van der Waals surface area contributed by atoms with E-state index in [1.165, 1.54) is 5.56 Å². The van der Waals surface area contributed by atoms with Crippen LogP contribution in [-0.4, -0.2) is 10.4 Å². The molecule has 1 aromatic carbocycles. The van der Waals surface area contributed by atoms with E-state index >= 15 is 0 Å². The maximum atomic E-state index is 11.1. The zero-order valence-electron chi connectivity index (χ0n) is 9.00. The molecule has 1 rings (SSSR count). The summed E-state index contributed by atoms with van der Waals surface area (Å²) in [4.78, 5) is 11.1. The number of halogens is 1. The lowest BCUT2D eigenvalue weighted by Gasteiger charge is -2.09. The molecule has 0 saturated heterocycles. The Hall–Kier alpha value is -0.580. The number of alkyl halides is 1. The van der Waals surface area contributed by atoms with Gasteiger partial charge in [0, 0.05) is 10.8 Å². The van der Waals surface area contributed by atoms with Crippen LogP contribution < -0.4 is 4.74 Å². The van der Waals surface area contributed by atoms with Crippen LogP contribution in [-0.2, 0) is 4.79 Å². The predicted molar refractivity (Wildman–Crippen MR) is 69.7 cm³/mol. The Kier molecular flexibility index (Phi) is 5.08. The first kappa shape index (κ1) is 12.5. The van der Waals surface area contributed by atoms with Crippen LogP contribution >= 0.6 is 22.6 Å². The average molecular weight is 318 g/mol. The van der Waals surface area contributed by atoms with Gasteiger partial charge in [0.15, 0.2) is 0 Å². The van der Waals surface area contributed by atoms with E-state index in [-0.39, 0.29) is 5.97 Å². The molecule has 0 N–H and O–H groups in total. The van der Waals surface area contributed by atoms with Crippen LogP contribution in [0.2, 0.25) is 0 Å². The van der Waals surface area contributed by atoms with Gasteiger partial charge < -0.3 is 4.74 Å². The number of carbonyl (C=O) groups excluding carboxylic acids is 1. The minimum atomic E-state index is -0.186.